The fraction of sp³-hybridized carbons (Fsp3) is 0.609. The molecule has 2 heterocycles. The Morgan fingerprint density at radius 2 is 1.94 bits per heavy atom. The minimum Gasteiger partial charge on any atom is -0.490 e. The minimum absolute atomic E-state index is 0. The maximum atomic E-state index is 8.61. The average Bonchev–Trinajstić information content (AvgIpc) is 2.69. The Morgan fingerprint density at radius 3 is 2.55 bits per heavy atom. The van der Waals surface area contributed by atoms with Crippen LogP contribution in [-0.2, 0) is 9.47 Å². The molecule has 5 N–H and O–H groups in total. The molecule has 2 fully saturated rings. The molecule has 3 rings (SSSR count). The number of anilines is 1. The van der Waals surface area contributed by atoms with Gasteiger partial charge >= 0.3 is 0 Å². The number of hydrogen-bond acceptors (Lipinski definition) is 8. The zero-order chi connectivity index (χ0) is 21.7. The topological polar surface area (TPSA) is 110 Å². The Bertz CT molecular complexity index is 758. The highest BCUT2D eigenvalue weighted by molar-refractivity contribution is 6.03. The summed E-state index contributed by atoms with van der Waals surface area (Å²) in [5.74, 6) is 7.73. The molecule has 0 radical (unpaired) electrons. The number of hydrazine groups is 1. The van der Waals surface area contributed by atoms with Gasteiger partial charge in [0, 0.05) is 57.8 Å². The van der Waals surface area contributed by atoms with Crippen LogP contribution in [0.15, 0.2) is 30.1 Å². The van der Waals surface area contributed by atoms with Crippen molar-refractivity contribution in [3.8, 4) is 5.75 Å². The highest BCUT2D eigenvalue weighted by Gasteiger charge is 2.25. The third-order valence-corrected chi connectivity index (χ3v) is 5.41. The van der Waals surface area contributed by atoms with Crippen molar-refractivity contribution in [3.63, 3.8) is 0 Å². The summed E-state index contributed by atoms with van der Waals surface area (Å²) < 4.78 is 17.3. The number of nitrogens with two attached hydrogens (primary N) is 2. The van der Waals surface area contributed by atoms with E-state index in [-0.39, 0.29) is 27.2 Å². The van der Waals surface area contributed by atoms with E-state index in [2.05, 4.69) is 18.7 Å². The van der Waals surface area contributed by atoms with E-state index < -0.39 is 0 Å². The standard InChI is InChI=1S/C22H35N5O3.CH4.H2/c1-15-13-27(14-16(2)29-15)22(26(3)25)7-6-21(24)19-12-18(4-5-20(19)23)30-17-8-10-28-11-9-17;;/h4-5,7,12,15-17,24H,6,8-11,13-14,23,25H2,1-3H3;1H4;1H/b22-7+,24-21?;;/t15-,16?;;/m0../s1. The Hall–Kier alpha value is -2.29. The summed E-state index contributed by atoms with van der Waals surface area (Å²) in [6.07, 6.45) is 4.57. The van der Waals surface area contributed by atoms with Gasteiger partial charge in [-0.2, -0.15) is 0 Å². The highest BCUT2D eigenvalue weighted by Crippen LogP contribution is 2.25. The molecule has 1 aromatic carbocycles. The zero-order valence-corrected chi connectivity index (χ0v) is 18.3. The van der Waals surface area contributed by atoms with Crippen LogP contribution >= 0.6 is 0 Å². The molecule has 8 nitrogen and oxygen atoms in total. The van der Waals surface area contributed by atoms with E-state index >= 15 is 0 Å². The van der Waals surface area contributed by atoms with Gasteiger partial charge in [-0.1, -0.05) is 7.43 Å². The Balaban J connectivity index is 0.00000256. The van der Waals surface area contributed by atoms with Crippen LogP contribution in [0.2, 0.25) is 0 Å². The first kappa shape index (κ1) is 25.0. The van der Waals surface area contributed by atoms with Crippen molar-refractivity contribution in [3.05, 3.63) is 35.7 Å². The zero-order valence-electron chi connectivity index (χ0n) is 18.3. The number of allylic oxidation sites excluding steroid dienone is 1. The normalized spacial score (nSPS) is 22.6. The summed E-state index contributed by atoms with van der Waals surface area (Å²) in [7, 11) is 1.82. The molecule has 31 heavy (non-hydrogen) atoms. The van der Waals surface area contributed by atoms with Crippen molar-refractivity contribution in [2.45, 2.75) is 58.8 Å². The predicted octanol–water partition coefficient (Wildman–Crippen LogP) is 3.22. The molecule has 0 amide bonds. The predicted molar refractivity (Wildman–Crippen MR) is 127 cm³/mol. The third-order valence-electron chi connectivity index (χ3n) is 5.41. The number of hydrogen-bond donors (Lipinski definition) is 3. The lowest BCUT2D eigenvalue weighted by molar-refractivity contribution is -0.0646. The maximum absolute atomic E-state index is 8.61. The molecule has 2 aliphatic rings. The van der Waals surface area contributed by atoms with Crippen molar-refractivity contribution in [1.82, 2.24) is 9.91 Å². The van der Waals surface area contributed by atoms with E-state index in [0.717, 1.165) is 50.7 Å². The molecule has 1 aromatic rings. The van der Waals surface area contributed by atoms with Crippen LogP contribution in [0.1, 0.15) is 47.5 Å². The molecule has 0 saturated carbocycles. The number of benzene rings is 1. The van der Waals surface area contributed by atoms with E-state index in [1.165, 1.54) is 0 Å². The minimum atomic E-state index is 0. The second kappa shape index (κ2) is 11.4. The van der Waals surface area contributed by atoms with Gasteiger partial charge in [0.1, 0.15) is 17.7 Å². The summed E-state index contributed by atoms with van der Waals surface area (Å²) in [5, 5.41) is 10.2. The first-order chi connectivity index (χ1) is 14.3. The number of nitrogen functional groups attached to an aromatic ring is 1. The second-order valence-electron chi connectivity index (χ2n) is 8.20. The number of nitrogens with one attached hydrogen (secondary N) is 1. The molecule has 176 valence electrons. The summed E-state index contributed by atoms with van der Waals surface area (Å²) in [6, 6.07) is 5.54. The van der Waals surface area contributed by atoms with Crippen molar-refractivity contribution in [2.75, 3.05) is 39.1 Å². The van der Waals surface area contributed by atoms with Gasteiger partial charge in [-0.25, -0.2) is 5.84 Å². The van der Waals surface area contributed by atoms with E-state index in [1.54, 1.807) is 5.01 Å². The summed E-state index contributed by atoms with van der Waals surface area (Å²) >= 11 is 0. The van der Waals surface area contributed by atoms with Gasteiger partial charge in [0.05, 0.1) is 25.4 Å². The van der Waals surface area contributed by atoms with Crippen LogP contribution in [0.4, 0.5) is 5.69 Å². The summed E-state index contributed by atoms with van der Waals surface area (Å²) in [6.45, 7) is 7.10. The lowest BCUT2D eigenvalue weighted by Gasteiger charge is -2.40. The maximum Gasteiger partial charge on any atom is 0.120 e. The lowest BCUT2D eigenvalue weighted by atomic mass is 10.0. The Kier molecular flexibility index (Phi) is 9.15. The molecule has 0 spiro atoms. The van der Waals surface area contributed by atoms with Crippen molar-refractivity contribution in [1.29, 1.82) is 5.41 Å². The number of ether oxygens (including phenoxy) is 3. The lowest BCUT2D eigenvalue weighted by Crippen LogP contribution is -2.48. The summed E-state index contributed by atoms with van der Waals surface area (Å²) in [4.78, 5) is 2.21. The van der Waals surface area contributed by atoms with Gasteiger partial charge < -0.3 is 30.3 Å². The van der Waals surface area contributed by atoms with Gasteiger partial charge in [-0.15, -0.1) is 0 Å². The first-order valence-corrected chi connectivity index (χ1v) is 10.6. The van der Waals surface area contributed by atoms with Gasteiger partial charge in [0.15, 0.2) is 0 Å². The average molecular weight is 436 g/mol. The Labute approximate surface area is 188 Å². The number of nitrogens with zero attached hydrogens (tertiary/aromatic N) is 2. The van der Waals surface area contributed by atoms with Gasteiger partial charge in [0.2, 0.25) is 0 Å². The molecule has 2 aliphatic heterocycles. The van der Waals surface area contributed by atoms with Gasteiger partial charge in [-0.05, 0) is 38.1 Å². The van der Waals surface area contributed by atoms with Crippen molar-refractivity contribution in [2.24, 2.45) is 5.84 Å². The van der Waals surface area contributed by atoms with Crippen LogP contribution in [0.25, 0.3) is 0 Å². The van der Waals surface area contributed by atoms with Crippen molar-refractivity contribution >= 4 is 11.4 Å². The van der Waals surface area contributed by atoms with Crippen LogP contribution in [0, 0.1) is 5.41 Å². The molecule has 2 saturated heterocycles. The molecule has 1 unspecified atom stereocenters. The molecular formula is C23H41N5O3. The molecule has 8 heteroatoms. The van der Waals surface area contributed by atoms with Crippen molar-refractivity contribution < 1.29 is 15.6 Å². The van der Waals surface area contributed by atoms with Crippen LogP contribution in [0.5, 0.6) is 5.75 Å². The van der Waals surface area contributed by atoms with Gasteiger partial charge in [-0.3, -0.25) is 5.01 Å². The number of morpholine rings is 1. The van der Waals surface area contributed by atoms with E-state index in [4.69, 9.17) is 31.2 Å². The molecular weight excluding hydrogens is 394 g/mol. The monoisotopic (exact) mass is 435 g/mol. The SMILES string of the molecule is C.CC1CN(/C(=C/CC(=N)c2cc(OC3CCOCC3)ccc2N)N(C)N)C[C@H](C)O1.[HH]. The van der Waals surface area contributed by atoms with Crippen LogP contribution < -0.4 is 16.3 Å². The quantitative estimate of drug-likeness (QED) is 0.261. The molecule has 0 aromatic heterocycles. The smallest absolute Gasteiger partial charge is 0.120 e. The van der Waals surface area contributed by atoms with Crippen LogP contribution in [0.3, 0.4) is 0 Å². The fourth-order valence-electron chi connectivity index (χ4n) is 4.02. The third kappa shape index (κ3) is 6.85. The molecule has 2 atom stereocenters. The highest BCUT2D eigenvalue weighted by atomic mass is 16.5. The number of rotatable bonds is 7. The second-order valence-corrected chi connectivity index (χ2v) is 8.20. The molecule has 0 aliphatic carbocycles. The largest absolute Gasteiger partial charge is 0.490 e. The van der Waals surface area contributed by atoms with E-state index in [1.807, 2.05) is 31.3 Å². The van der Waals surface area contributed by atoms with Gasteiger partial charge in [0.25, 0.3) is 0 Å². The molecule has 0 bridgehead atoms. The first-order valence-electron chi connectivity index (χ1n) is 10.6. The summed E-state index contributed by atoms with van der Waals surface area (Å²) in [5.41, 5.74) is 7.87. The van der Waals surface area contributed by atoms with Crippen LogP contribution in [-0.4, -0.2) is 67.3 Å². The van der Waals surface area contributed by atoms with E-state index in [0.29, 0.717) is 23.4 Å². The Morgan fingerprint density at radius 1 is 1.29 bits per heavy atom. The fourth-order valence-corrected chi connectivity index (χ4v) is 4.02. The van der Waals surface area contributed by atoms with E-state index in [9.17, 15) is 0 Å².